The predicted molar refractivity (Wildman–Crippen MR) is 194 cm³/mol. The number of rotatable bonds is 13. The van der Waals surface area contributed by atoms with Gasteiger partial charge in [0.25, 0.3) is 0 Å². The number of benzene rings is 1. The van der Waals surface area contributed by atoms with Crippen molar-refractivity contribution in [3.63, 3.8) is 0 Å². The minimum absolute atomic E-state index is 0.000975. The number of hydrogen-bond acceptors (Lipinski definition) is 19. The molecule has 6 heterocycles. The minimum atomic E-state index is -4.97. The first kappa shape index (κ1) is 39.3. The lowest BCUT2D eigenvalue weighted by Crippen LogP contribution is -2.44. The highest BCUT2D eigenvalue weighted by atomic mass is 31.2. The number of carbonyl (C=O) groups excluding carboxylic acids is 1. The number of carbonyl (C=O) groups is 1. The van der Waals surface area contributed by atoms with Crippen molar-refractivity contribution in [1.82, 2.24) is 38.6 Å². The third kappa shape index (κ3) is 7.85. The van der Waals surface area contributed by atoms with Crippen LogP contribution < -0.4 is 22.9 Å². The quantitative estimate of drug-likeness (QED) is 0.0727. The molecule has 0 amide bonds. The first-order valence-electron chi connectivity index (χ1n) is 16.8. The zero-order chi connectivity index (χ0) is 39.9. The fraction of sp³-hybridized carbons (Fsp3) is 0.419. The number of phosphoric acid groups is 1. The van der Waals surface area contributed by atoms with Crippen molar-refractivity contribution in [2.24, 2.45) is 12.8 Å². The summed E-state index contributed by atoms with van der Waals surface area (Å²) in [5, 5.41) is 20.9. The van der Waals surface area contributed by atoms with Crippen LogP contribution >= 0.6 is 17.3 Å². The Morgan fingerprint density at radius 3 is 2.71 bits per heavy atom. The van der Waals surface area contributed by atoms with Crippen molar-refractivity contribution in [3.05, 3.63) is 65.0 Å². The maximum atomic E-state index is 13.5. The van der Waals surface area contributed by atoms with Crippen molar-refractivity contribution in [3.8, 4) is 6.07 Å². The van der Waals surface area contributed by atoms with E-state index in [0.29, 0.717) is 22.4 Å². The van der Waals surface area contributed by atoms with E-state index in [0.717, 1.165) is 4.57 Å². The topological polar surface area (TPSA) is 328 Å². The average molecular weight is 815 g/mol. The molecule has 4 aromatic heterocycles. The van der Waals surface area contributed by atoms with Crippen LogP contribution in [0, 0.1) is 11.3 Å². The summed E-state index contributed by atoms with van der Waals surface area (Å²) in [5.41, 5.74) is 19.2. The SMILES string of the molecule is Cn1c(C[C@H](N)C(=O)O[C@H]2[C@@H](O)[C@H](n3cnc4c(N)ncnc43)O[C@@H]2COP(=O)(O)O[C@H]2C[C@H](n3ccc(N)nc3=O)O[C@@H]2COP)nc2ccc(C#N)cc21. The van der Waals surface area contributed by atoms with Crippen molar-refractivity contribution in [1.29, 1.82) is 5.26 Å². The van der Waals surface area contributed by atoms with Gasteiger partial charge in [-0.25, -0.2) is 29.3 Å². The number of fused-ring (bicyclic) bond motifs is 2. The second-order valence-corrected chi connectivity index (χ2v) is 14.6. The molecule has 1 aromatic carbocycles. The molecule has 2 fully saturated rings. The summed E-state index contributed by atoms with van der Waals surface area (Å²) < 4.78 is 51.2. The number of aliphatic hydroxyl groups is 1. The summed E-state index contributed by atoms with van der Waals surface area (Å²) in [4.78, 5) is 57.3. The summed E-state index contributed by atoms with van der Waals surface area (Å²) in [7, 11) is -1.23. The van der Waals surface area contributed by atoms with E-state index >= 15 is 0 Å². The van der Waals surface area contributed by atoms with Gasteiger partial charge in [-0.2, -0.15) is 10.2 Å². The van der Waals surface area contributed by atoms with E-state index < -0.39 is 75.1 Å². The molecule has 2 aliphatic rings. The van der Waals surface area contributed by atoms with Crippen LogP contribution in [0.3, 0.4) is 0 Å². The van der Waals surface area contributed by atoms with Crippen LogP contribution in [0.25, 0.3) is 22.2 Å². The average Bonchev–Trinajstić information content (AvgIpc) is 3.92. The van der Waals surface area contributed by atoms with Gasteiger partial charge in [0.2, 0.25) is 0 Å². The highest BCUT2D eigenvalue weighted by Gasteiger charge is 2.50. The van der Waals surface area contributed by atoms with E-state index in [1.165, 1.54) is 29.5 Å². The first-order valence-corrected chi connectivity index (χ1v) is 18.8. The standard InChI is InChI=1S/C31H36N12O11P2/c1-41-17-6-14(9-32)2-3-16(17)39-22(41)7-15(33)30(45)53-26-20(52-29(25(26)44)43-13-38-24-27(35)36-12-37-28(24)43)11-50-56(47,48)54-18-8-23(51-19(18)10-49-55)42-5-4-21(34)40-31(42)46/h2-6,12-13,15,18-20,23,25-26,29,44H,7-8,10-11,33,55H2,1H3,(H,47,48)(H2,34,40,46)(H2,35,36,37)/t15-,18-,19+,20+,23+,25+,26+,29+/m0/s1. The Balaban J connectivity index is 1.09. The molecule has 0 spiro atoms. The molecule has 0 aliphatic carbocycles. The zero-order valence-corrected chi connectivity index (χ0v) is 31.4. The summed E-state index contributed by atoms with van der Waals surface area (Å²) in [6, 6.07) is 7.11. The molecule has 25 heteroatoms. The number of aryl methyl sites for hydroxylation is 1. The lowest BCUT2D eigenvalue weighted by Gasteiger charge is -2.24. The van der Waals surface area contributed by atoms with Crippen molar-refractivity contribution in [2.45, 2.75) is 61.9 Å². The highest BCUT2D eigenvalue weighted by molar-refractivity contribution is 7.47. The van der Waals surface area contributed by atoms with Crippen molar-refractivity contribution in [2.75, 3.05) is 24.7 Å². The predicted octanol–water partition coefficient (Wildman–Crippen LogP) is -0.658. The number of anilines is 2. The zero-order valence-electron chi connectivity index (χ0n) is 29.3. The van der Waals surface area contributed by atoms with Crippen LogP contribution in [0.15, 0.2) is 47.9 Å². The summed E-state index contributed by atoms with van der Waals surface area (Å²) in [5.74, 6) is -0.485. The normalized spacial score (nSPS) is 25.3. The van der Waals surface area contributed by atoms with Gasteiger partial charge < -0.3 is 50.5 Å². The number of nitriles is 1. The van der Waals surface area contributed by atoms with Crippen LogP contribution in [-0.4, -0.2) is 104 Å². The van der Waals surface area contributed by atoms with E-state index in [1.807, 2.05) is 9.47 Å². The number of hydrogen-bond donors (Lipinski definition) is 5. The molecular formula is C31H36N12O11P2. The summed E-state index contributed by atoms with van der Waals surface area (Å²) in [6.45, 7) is -0.851. The van der Waals surface area contributed by atoms with Gasteiger partial charge in [-0.05, 0) is 24.3 Å². The maximum absolute atomic E-state index is 13.5. The van der Waals surface area contributed by atoms with Crippen LogP contribution in [0.5, 0.6) is 0 Å². The highest BCUT2D eigenvalue weighted by Crippen LogP contribution is 2.49. The van der Waals surface area contributed by atoms with Gasteiger partial charge >= 0.3 is 19.5 Å². The van der Waals surface area contributed by atoms with E-state index in [9.17, 15) is 29.4 Å². The number of esters is 1. The molecule has 0 radical (unpaired) electrons. The van der Waals surface area contributed by atoms with Gasteiger partial charge in [-0.1, -0.05) is 0 Å². The first-order chi connectivity index (χ1) is 26.8. The molecule has 2 unspecified atom stereocenters. The number of aromatic nitrogens is 8. The van der Waals surface area contributed by atoms with Crippen molar-refractivity contribution < 1.29 is 47.1 Å². The largest absolute Gasteiger partial charge is 0.472 e. The molecule has 2 aliphatic heterocycles. The smallest absolute Gasteiger partial charge is 0.455 e. The lowest BCUT2D eigenvalue weighted by molar-refractivity contribution is -0.158. The van der Waals surface area contributed by atoms with Gasteiger partial charge in [0.15, 0.2) is 23.8 Å². The molecular weight excluding hydrogens is 778 g/mol. The number of ether oxygens (including phenoxy) is 3. The Morgan fingerprint density at radius 1 is 1.16 bits per heavy atom. The molecule has 2 saturated heterocycles. The number of imidazole rings is 2. The van der Waals surface area contributed by atoms with Gasteiger partial charge in [0, 0.05) is 35.6 Å². The van der Waals surface area contributed by atoms with Gasteiger partial charge in [-0.3, -0.25) is 23.0 Å². The molecule has 5 aromatic rings. The number of phosphoric ester groups is 1. The Bertz CT molecular complexity index is 2420. The molecule has 8 N–H and O–H groups in total. The third-order valence-electron chi connectivity index (χ3n) is 9.30. The minimum Gasteiger partial charge on any atom is -0.455 e. The molecule has 56 heavy (non-hydrogen) atoms. The third-order valence-corrected chi connectivity index (χ3v) is 10.5. The van der Waals surface area contributed by atoms with Gasteiger partial charge in [0.1, 0.15) is 60.2 Å². The fourth-order valence-electron chi connectivity index (χ4n) is 6.52. The Hall–Kier alpha value is -4.98. The monoisotopic (exact) mass is 814 g/mol. The van der Waals surface area contributed by atoms with Gasteiger partial charge in [-0.15, -0.1) is 0 Å². The van der Waals surface area contributed by atoms with Gasteiger partial charge in [0.05, 0.1) is 42.2 Å². The summed E-state index contributed by atoms with van der Waals surface area (Å²) >= 11 is 0. The molecule has 10 atom stereocenters. The Kier molecular flexibility index (Phi) is 11.1. The second-order valence-electron chi connectivity index (χ2n) is 12.9. The van der Waals surface area contributed by atoms with Crippen LogP contribution in [-0.2, 0) is 50.6 Å². The van der Waals surface area contributed by atoms with E-state index in [-0.39, 0.29) is 42.2 Å². The molecule has 0 bridgehead atoms. The number of aliphatic hydroxyl groups excluding tert-OH is 1. The summed E-state index contributed by atoms with van der Waals surface area (Å²) in [6.07, 6.45) is -5.17. The number of nitrogens with zero attached hydrogens (tertiary/aromatic N) is 9. The van der Waals surface area contributed by atoms with E-state index in [4.69, 9.17) is 45.0 Å². The van der Waals surface area contributed by atoms with Crippen molar-refractivity contribution >= 4 is 57.1 Å². The fourth-order valence-corrected chi connectivity index (χ4v) is 7.67. The Morgan fingerprint density at radius 2 is 1.96 bits per heavy atom. The molecule has 0 saturated carbocycles. The molecule has 23 nitrogen and oxygen atoms in total. The molecule has 296 valence electrons. The lowest BCUT2D eigenvalue weighted by atomic mass is 10.1. The van der Waals surface area contributed by atoms with Crippen LogP contribution in [0.1, 0.15) is 30.3 Å². The van der Waals surface area contributed by atoms with Crippen LogP contribution in [0.4, 0.5) is 11.6 Å². The second kappa shape index (κ2) is 15.9. The number of nitrogen functional groups attached to an aromatic ring is 2. The van der Waals surface area contributed by atoms with E-state index in [1.54, 1.807) is 29.8 Å². The van der Waals surface area contributed by atoms with E-state index in [2.05, 4.69) is 31.0 Å². The number of nitrogens with two attached hydrogens (primary N) is 3. The van der Waals surface area contributed by atoms with Crippen LogP contribution in [0.2, 0.25) is 0 Å². The maximum Gasteiger partial charge on any atom is 0.472 e. The Labute approximate surface area is 318 Å². The molecule has 7 rings (SSSR count).